The Hall–Kier alpha value is -1.66. The van der Waals surface area contributed by atoms with Gasteiger partial charge in [0.1, 0.15) is 0 Å². The van der Waals surface area contributed by atoms with Gasteiger partial charge in [0.2, 0.25) is 0 Å². The number of hydrogen-bond acceptors (Lipinski definition) is 5. The Kier molecular flexibility index (Phi) is 2.78. The Morgan fingerprint density at radius 2 is 1.65 bits per heavy atom. The van der Waals surface area contributed by atoms with E-state index in [9.17, 15) is 14.7 Å². The first-order valence-corrected chi connectivity index (χ1v) is 6.45. The van der Waals surface area contributed by atoms with Crippen molar-refractivity contribution in [3.8, 4) is 0 Å². The van der Waals surface area contributed by atoms with E-state index in [0.717, 1.165) is 0 Å². The molecule has 108 valence electrons. The first-order valence-electron chi connectivity index (χ1n) is 6.45. The van der Waals surface area contributed by atoms with Crippen molar-refractivity contribution in [3.63, 3.8) is 0 Å². The Morgan fingerprint density at radius 3 is 2.10 bits per heavy atom. The number of ether oxygens (including phenoxy) is 3. The number of carbonyl (C=O) groups is 2. The van der Waals surface area contributed by atoms with Gasteiger partial charge in [0.15, 0.2) is 5.79 Å². The fraction of sp³-hybridized carbons (Fsp3) is 0.571. The molecule has 1 aliphatic heterocycles. The maximum atomic E-state index is 11.9. The van der Waals surface area contributed by atoms with E-state index in [0.29, 0.717) is 0 Å². The second-order valence-electron chi connectivity index (χ2n) is 5.63. The largest absolute Gasteiger partial charge is 0.478 e. The smallest absolute Gasteiger partial charge is 0.335 e. The van der Waals surface area contributed by atoms with E-state index in [-0.39, 0.29) is 23.4 Å². The number of aliphatic carboxylic acids is 1. The minimum atomic E-state index is -1.11. The van der Waals surface area contributed by atoms with Crippen LogP contribution in [0.3, 0.4) is 0 Å². The molecule has 0 amide bonds. The molecule has 2 bridgehead atoms. The summed E-state index contributed by atoms with van der Waals surface area (Å²) >= 11 is 0. The van der Waals surface area contributed by atoms with Gasteiger partial charge < -0.3 is 19.3 Å². The predicted octanol–water partition coefficient (Wildman–Crippen LogP) is 0.876. The van der Waals surface area contributed by atoms with E-state index < -0.39 is 29.6 Å². The number of carbonyl (C=O) groups excluding carboxylic acids is 1. The Morgan fingerprint density at radius 1 is 1.15 bits per heavy atom. The molecule has 6 nitrogen and oxygen atoms in total. The summed E-state index contributed by atoms with van der Waals surface area (Å²) in [4.78, 5) is 23.5. The van der Waals surface area contributed by atoms with Crippen LogP contribution in [0.2, 0.25) is 0 Å². The quantitative estimate of drug-likeness (QED) is 0.597. The molecule has 20 heavy (non-hydrogen) atoms. The topological polar surface area (TPSA) is 82.1 Å². The third-order valence-electron chi connectivity index (χ3n) is 3.99. The number of carboxylic acids is 1. The lowest BCUT2D eigenvalue weighted by molar-refractivity contribution is -0.149. The van der Waals surface area contributed by atoms with Crippen molar-refractivity contribution in [1.29, 1.82) is 0 Å². The number of esters is 1. The van der Waals surface area contributed by atoms with Gasteiger partial charge >= 0.3 is 11.9 Å². The number of methoxy groups -OCH3 is 1. The lowest BCUT2D eigenvalue weighted by atomic mass is 9.68. The van der Waals surface area contributed by atoms with Crippen molar-refractivity contribution >= 4 is 11.9 Å². The van der Waals surface area contributed by atoms with Crippen LogP contribution in [-0.4, -0.2) is 42.1 Å². The highest BCUT2D eigenvalue weighted by atomic mass is 16.8. The van der Waals surface area contributed by atoms with Gasteiger partial charge in [-0.05, 0) is 13.8 Å². The van der Waals surface area contributed by atoms with Crippen molar-refractivity contribution in [2.75, 3.05) is 7.11 Å². The molecule has 6 heteroatoms. The molecule has 4 atom stereocenters. The van der Waals surface area contributed by atoms with Crippen LogP contribution in [0, 0.1) is 11.8 Å². The van der Waals surface area contributed by atoms with Gasteiger partial charge in [-0.2, -0.15) is 0 Å². The minimum absolute atomic E-state index is 0.0619. The van der Waals surface area contributed by atoms with E-state index >= 15 is 0 Å². The van der Waals surface area contributed by atoms with Crippen LogP contribution < -0.4 is 0 Å². The molecule has 0 aromatic rings. The van der Waals surface area contributed by atoms with Gasteiger partial charge in [-0.25, -0.2) is 9.59 Å². The molecule has 0 radical (unpaired) electrons. The van der Waals surface area contributed by atoms with Crippen LogP contribution in [0.25, 0.3) is 0 Å². The van der Waals surface area contributed by atoms with Gasteiger partial charge in [-0.1, -0.05) is 12.2 Å². The Bertz CT molecular complexity index is 544. The van der Waals surface area contributed by atoms with Crippen molar-refractivity contribution in [3.05, 3.63) is 23.3 Å². The first-order chi connectivity index (χ1) is 9.35. The average molecular weight is 280 g/mol. The van der Waals surface area contributed by atoms with Crippen LogP contribution in [0.5, 0.6) is 0 Å². The molecule has 4 rings (SSSR count). The predicted molar refractivity (Wildman–Crippen MR) is 66.6 cm³/mol. The van der Waals surface area contributed by atoms with Crippen LogP contribution >= 0.6 is 0 Å². The molecule has 0 spiro atoms. The summed E-state index contributed by atoms with van der Waals surface area (Å²) in [5.74, 6) is -3.44. The summed E-state index contributed by atoms with van der Waals surface area (Å²) in [6.45, 7) is 3.56. The van der Waals surface area contributed by atoms with Crippen LogP contribution in [0.15, 0.2) is 23.3 Å². The highest BCUT2D eigenvalue weighted by Crippen LogP contribution is 2.49. The van der Waals surface area contributed by atoms with Gasteiger partial charge in [-0.15, -0.1) is 0 Å². The summed E-state index contributed by atoms with van der Waals surface area (Å²) in [5.41, 5.74) is 0.238. The molecule has 1 saturated heterocycles. The van der Waals surface area contributed by atoms with Gasteiger partial charge in [-0.3, -0.25) is 0 Å². The maximum absolute atomic E-state index is 11.9. The summed E-state index contributed by atoms with van der Waals surface area (Å²) in [7, 11) is 1.24. The highest BCUT2D eigenvalue weighted by molar-refractivity contribution is 6.02. The van der Waals surface area contributed by atoms with Crippen molar-refractivity contribution in [2.24, 2.45) is 11.8 Å². The summed E-state index contributed by atoms with van der Waals surface area (Å²) in [6.07, 6.45) is 2.87. The zero-order chi connectivity index (χ0) is 14.7. The fourth-order valence-electron chi connectivity index (χ4n) is 3.32. The second kappa shape index (κ2) is 4.17. The molecule has 0 aromatic carbocycles. The summed E-state index contributed by atoms with van der Waals surface area (Å²) < 4.78 is 16.4. The molecular formula is C14H16O6. The highest BCUT2D eigenvalue weighted by Gasteiger charge is 2.57. The Labute approximate surface area is 116 Å². The normalized spacial score (nSPS) is 37.0. The van der Waals surface area contributed by atoms with Crippen LogP contribution in [0.4, 0.5) is 0 Å². The molecule has 0 aromatic heterocycles. The molecule has 1 fully saturated rings. The molecule has 3 aliphatic carbocycles. The zero-order valence-electron chi connectivity index (χ0n) is 11.5. The first kappa shape index (κ1) is 13.3. The molecule has 1 N–H and O–H groups in total. The van der Waals surface area contributed by atoms with E-state index in [1.807, 2.05) is 6.08 Å². The van der Waals surface area contributed by atoms with E-state index in [1.54, 1.807) is 19.9 Å². The van der Waals surface area contributed by atoms with Gasteiger partial charge in [0, 0.05) is 11.8 Å². The third-order valence-corrected chi connectivity index (χ3v) is 3.99. The summed E-state index contributed by atoms with van der Waals surface area (Å²) in [5, 5.41) is 9.43. The SMILES string of the molecule is COC(=O)C1=C(C(=O)O)C2C=CC1C1OC(C)(C)OC21. The maximum Gasteiger partial charge on any atom is 0.335 e. The minimum Gasteiger partial charge on any atom is -0.478 e. The van der Waals surface area contributed by atoms with E-state index in [4.69, 9.17) is 14.2 Å². The van der Waals surface area contributed by atoms with E-state index in [2.05, 4.69) is 0 Å². The molecular weight excluding hydrogens is 264 g/mol. The lowest BCUT2D eigenvalue weighted by Gasteiger charge is -2.39. The number of carboxylic acid groups (broad SMARTS) is 1. The second-order valence-corrected chi connectivity index (χ2v) is 5.63. The van der Waals surface area contributed by atoms with E-state index in [1.165, 1.54) is 7.11 Å². The molecule has 4 unspecified atom stereocenters. The number of hydrogen-bond donors (Lipinski definition) is 1. The van der Waals surface area contributed by atoms with Crippen molar-refractivity contribution in [1.82, 2.24) is 0 Å². The molecule has 1 heterocycles. The monoisotopic (exact) mass is 280 g/mol. The average Bonchev–Trinajstić information content (AvgIpc) is 2.73. The Balaban J connectivity index is 2.09. The third kappa shape index (κ3) is 1.72. The summed E-state index contributed by atoms with van der Waals surface area (Å²) in [6, 6.07) is 0. The van der Waals surface area contributed by atoms with Gasteiger partial charge in [0.25, 0.3) is 0 Å². The number of rotatable bonds is 2. The zero-order valence-corrected chi connectivity index (χ0v) is 11.5. The fourth-order valence-corrected chi connectivity index (χ4v) is 3.32. The standard InChI is InChI=1S/C14H16O6/c1-14(2)19-10-6-4-5-7(11(10)20-14)9(13(17)18-3)8(6)12(15)16/h4-7,10-11H,1-3H3,(H,15,16). The molecule has 4 aliphatic rings. The van der Waals surface area contributed by atoms with Crippen LogP contribution in [0.1, 0.15) is 13.8 Å². The van der Waals surface area contributed by atoms with Crippen molar-refractivity contribution in [2.45, 2.75) is 31.8 Å². The van der Waals surface area contributed by atoms with Gasteiger partial charge in [0.05, 0.1) is 30.5 Å². The van der Waals surface area contributed by atoms with Crippen molar-refractivity contribution < 1.29 is 28.9 Å². The lowest BCUT2D eigenvalue weighted by Crippen LogP contribution is -2.48. The molecule has 0 saturated carbocycles. The van der Waals surface area contributed by atoms with Crippen LogP contribution in [-0.2, 0) is 23.8 Å².